The van der Waals surface area contributed by atoms with Crippen LogP contribution in [0.1, 0.15) is 34.5 Å². The summed E-state index contributed by atoms with van der Waals surface area (Å²) < 4.78 is 12.0. The average molecular weight is 509 g/mol. The zero-order valence-corrected chi connectivity index (χ0v) is 22.2. The van der Waals surface area contributed by atoms with Crippen LogP contribution in [0.25, 0.3) is 0 Å². The molecule has 0 saturated carbocycles. The van der Waals surface area contributed by atoms with E-state index in [1.54, 1.807) is 11.3 Å². The largest absolute Gasteiger partial charge is 0.491 e. The number of aliphatic hydroxyl groups excluding tert-OH is 1. The average Bonchev–Trinajstić information content (AvgIpc) is 3.36. The Balaban J connectivity index is 1.37. The molecule has 2 atom stereocenters. The van der Waals surface area contributed by atoms with E-state index < -0.39 is 6.10 Å². The number of carbonyl (C=O) groups is 1. The predicted molar refractivity (Wildman–Crippen MR) is 144 cm³/mol. The third-order valence-corrected chi connectivity index (χ3v) is 7.70. The third-order valence-electron chi connectivity index (χ3n) is 6.71. The Morgan fingerprint density at radius 3 is 2.42 bits per heavy atom. The maximum Gasteiger partial charge on any atom is 0.237 e. The lowest BCUT2D eigenvalue weighted by Gasteiger charge is -2.37. The number of benzene rings is 2. The molecule has 0 unspecified atom stereocenters. The van der Waals surface area contributed by atoms with Crippen molar-refractivity contribution in [3.63, 3.8) is 0 Å². The van der Waals surface area contributed by atoms with Gasteiger partial charge in [-0.3, -0.25) is 9.69 Å². The Morgan fingerprint density at radius 1 is 1.08 bits per heavy atom. The Bertz CT molecular complexity index is 1150. The highest BCUT2D eigenvalue weighted by Gasteiger charge is 2.33. The Hall–Kier alpha value is -2.87. The normalized spacial score (nSPS) is 16.0. The summed E-state index contributed by atoms with van der Waals surface area (Å²) >= 11 is 1.75. The Kier molecular flexibility index (Phi) is 9.02. The van der Waals surface area contributed by atoms with E-state index in [9.17, 15) is 9.90 Å². The van der Waals surface area contributed by atoms with Crippen molar-refractivity contribution in [2.45, 2.75) is 39.3 Å². The number of carbonyl (C=O) groups excluding carboxylic acids is 1. The van der Waals surface area contributed by atoms with Crippen LogP contribution in [0.3, 0.4) is 0 Å². The van der Waals surface area contributed by atoms with Gasteiger partial charge in [0.05, 0.1) is 12.6 Å². The van der Waals surface area contributed by atoms with E-state index in [0.29, 0.717) is 26.2 Å². The molecule has 0 bridgehead atoms. The fourth-order valence-corrected chi connectivity index (χ4v) is 5.53. The number of nitrogens with zero attached hydrogens (tertiary/aromatic N) is 2. The van der Waals surface area contributed by atoms with Gasteiger partial charge in [0.1, 0.15) is 30.8 Å². The maximum absolute atomic E-state index is 13.5. The molecule has 7 heteroatoms. The van der Waals surface area contributed by atoms with E-state index >= 15 is 0 Å². The smallest absolute Gasteiger partial charge is 0.237 e. The van der Waals surface area contributed by atoms with Crippen LogP contribution in [-0.2, 0) is 11.2 Å². The fourth-order valence-electron chi connectivity index (χ4n) is 4.60. The summed E-state index contributed by atoms with van der Waals surface area (Å²) in [6.45, 7) is 8.57. The number of fused-ring (bicyclic) bond motifs is 1. The monoisotopic (exact) mass is 508 g/mol. The van der Waals surface area contributed by atoms with E-state index in [4.69, 9.17) is 9.47 Å². The number of hydrogen-bond acceptors (Lipinski definition) is 6. The Labute approximate surface area is 218 Å². The first-order valence-electron chi connectivity index (χ1n) is 12.6. The van der Waals surface area contributed by atoms with Crippen molar-refractivity contribution in [3.8, 4) is 11.5 Å². The predicted octanol–water partition coefficient (Wildman–Crippen LogP) is 4.63. The molecule has 2 aromatic carbocycles. The van der Waals surface area contributed by atoms with Crippen LogP contribution in [0.4, 0.5) is 0 Å². The summed E-state index contributed by atoms with van der Waals surface area (Å²) in [5, 5.41) is 12.7. The lowest BCUT2D eigenvalue weighted by Crippen LogP contribution is -2.48. The molecule has 0 saturated heterocycles. The van der Waals surface area contributed by atoms with Crippen molar-refractivity contribution in [2.75, 3.05) is 39.4 Å². The Morgan fingerprint density at radius 2 is 1.75 bits per heavy atom. The number of para-hydroxylation sites is 2. The van der Waals surface area contributed by atoms with Crippen LogP contribution in [-0.4, -0.2) is 66.3 Å². The molecule has 2 heterocycles. The molecule has 1 N–H and O–H groups in total. The summed E-state index contributed by atoms with van der Waals surface area (Å²) in [5.74, 6) is 1.67. The van der Waals surface area contributed by atoms with Gasteiger partial charge in [-0.05, 0) is 67.1 Å². The van der Waals surface area contributed by atoms with Gasteiger partial charge < -0.3 is 19.5 Å². The molecule has 1 amide bonds. The molecule has 1 aliphatic rings. The van der Waals surface area contributed by atoms with Crippen molar-refractivity contribution >= 4 is 17.2 Å². The molecule has 0 spiro atoms. The van der Waals surface area contributed by atoms with Crippen LogP contribution < -0.4 is 9.47 Å². The number of thiophene rings is 1. The highest BCUT2D eigenvalue weighted by Crippen LogP contribution is 2.34. The summed E-state index contributed by atoms with van der Waals surface area (Å²) in [5.41, 5.74) is 3.29. The second-order valence-corrected chi connectivity index (χ2v) is 10.3. The molecule has 0 fully saturated rings. The lowest BCUT2D eigenvalue weighted by molar-refractivity contribution is -0.136. The molecule has 6 nitrogen and oxygen atoms in total. The molecule has 36 heavy (non-hydrogen) atoms. The summed E-state index contributed by atoms with van der Waals surface area (Å²) in [7, 11) is 0. The summed E-state index contributed by atoms with van der Waals surface area (Å²) in [6, 6.07) is 17.7. The van der Waals surface area contributed by atoms with E-state index in [1.165, 1.54) is 10.4 Å². The number of hydrogen-bond donors (Lipinski definition) is 1. The quantitative estimate of drug-likeness (QED) is 0.409. The summed E-state index contributed by atoms with van der Waals surface area (Å²) in [6.07, 6.45) is 0.167. The topological polar surface area (TPSA) is 62.2 Å². The zero-order valence-electron chi connectivity index (χ0n) is 21.4. The number of rotatable bonds is 11. The lowest BCUT2D eigenvalue weighted by atomic mass is 10.0. The van der Waals surface area contributed by atoms with Gasteiger partial charge in [-0.15, -0.1) is 11.3 Å². The first kappa shape index (κ1) is 26.2. The van der Waals surface area contributed by atoms with Gasteiger partial charge in [-0.25, -0.2) is 0 Å². The molecule has 3 aromatic rings. The highest BCUT2D eigenvalue weighted by atomic mass is 32.1. The second-order valence-electron chi connectivity index (χ2n) is 9.29. The van der Waals surface area contributed by atoms with E-state index in [-0.39, 0.29) is 25.1 Å². The van der Waals surface area contributed by atoms with Gasteiger partial charge in [0.25, 0.3) is 0 Å². The number of aliphatic hydroxyl groups is 1. The van der Waals surface area contributed by atoms with E-state index in [1.807, 2.05) is 79.1 Å². The molecule has 1 aliphatic heterocycles. The number of ether oxygens (including phenoxy) is 2. The van der Waals surface area contributed by atoms with E-state index in [2.05, 4.69) is 11.4 Å². The van der Waals surface area contributed by atoms with E-state index in [0.717, 1.165) is 29.0 Å². The van der Waals surface area contributed by atoms with Crippen molar-refractivity contribution in [3.05, 3.63) is 81.5 Å². The van der Waals surface area contributed by atoms with Gasteiger partial charge in [0.15, 0.2) is 0 Å². The first-order valence-corrected chi connectivity index (χ1v) is 13.5. The summed E-state index contributed by atoms with van der Waals surface area (Å²) in [4.78, 5) is 18.8. The maximum atomic E-state index is 13.5. The van der Waals surface area contributed by atoms with Crippen LogP contribution in [0.15, 0.2) is 60.0 Å². The standard InChI is InChI=1S/C29H36N2O4S/c1-4-30(17-23(32)19-34-26-11-7-5-9-21(26)2)18-29(33)31-15-13-28-24(14-16-36-28)25(31)20-35-27-12-8-6-10-22(27)3/h5-12,14,16,23,25,32H,4,13,15,17-20H2,1-3H3/t23-,25+/m0/s1. The van der Waals surface area contributed by atoms with Crippen LogP contribution in [0.2, 0.25) is 0 Å². The van der Waals surface area contributed by atoms with Gasteiger partial charge in [-0.1, -0.05) is 43.3 Å². The van der Waals surface area contributed by atoms with Gasteiger partial charge in [-0.2, -0.15) is 0 Å². The molecule has 0 aliphatic carbocycles. The van der Waals surface area contributed by atoms with Crippen molar-refractivity contribution < 1.29 is 19.4 Å². The molecule has 192 valence electrons. The van der Waals surface area contributed by atoms with Crippen molar-refractivity contribution in [1.29, 1.82) is 0 Å². The van der Waals surface area contributed by atoms with Gasteiger partial charge >= 0.3 is 0 Å². The molecule has 4 rings (SSSR count). The molecule has 0 radical (unpaired) electrons. The molecular weight excluding hydrogens is 472 g/mol. The third kappa shape index (κ3) is 6.46. The van der Waals surface area contributed by atoms with Crippen LogP contribution in [0.5, 0.6) is 11.5 Å². The molecule has 1 aromatic heterocycles. The number of amides is 1. The van der Waals surface area contributed by atoms with Crippen molar-refractivity contribution in [2.24, 2.45) is 0 Å². The van der Waals surface area contributed by atoms with Crippen LogP contribution >= 0.6 is 11.3 Å². The number of likely N-dealkylation sites (N-methyl/N-ethyl adjacent to an activating group) is 1. The minimum atomic E-state index is -0.692. The van der Waals surface area contributed by atoms with Crippen molar-refractivity contribution in [1.82, 2.24) is 9.80 Å². The minimum absolute atomic E-state index is 0.0547. The first-order chi connectivity index (χ1) is 17.5. The molecular formula is C29H36N2O4S. The van der Waals surface area contributed by atoms with Crippen LogP contribution in [0, 0.1) is 13.8 Å². The van der Waals surface area contributed by atoms with Gasteiger partial charge in [0, 0.05) is 18.0 Å². The fraction of sp³-hybridized carbons (Fsp3) is 0.414. The SMILES string of the molecule is CCN(CC(=O)N1CCc2sccc2[C@H]1COc1ccccc1C)C[C@H](O)COc1ccccc1C. The zero-order chi connectivity index (χ0) is 25.5. The number of aryl methyl sites for hydroxylation is 2. The second kappa shape index (κ2) is 12.4. The van der Waals surface area contributed by atoms with Gasteiger partial charge in [0.2, 0.25) is 5.91 Å². The minimum Gasteiger partial charge on any atom is -0.491 e. The highest BCUT2D eigenvalue weighted by molar-refractivity contribution is 7.10.